The summed E-state index contributed by atoms with van der Waals surface area (Å²) in [4.78, 5) is -0.328. The number of rotatable bonds is 4. The van der Waals surface area contributed by atoms with E-state index in [1.165, 1.54) is 0 Å². The zero-order valence-corrected chi connectivity index (χ0v) is 11.2. The van der Waals surface area contributed by atoms with Crippen LogP contribution in [0.1, 0.15) is 5.56 Å². The van der Waals surface area contributed by atoms with Crippen molar-refractivity contribution in [1.82, 2.24) is 4.31 Å². The summed E-state index contributed by atoms with van der Waals surface area (Å²) in [5, 5.41) is 0. The molecule has 0 amide bonds. The molecule has 4 nitrogen and oxygen atoms in total. The van der Waals surface area contributed by atoms with Crippen molar-refractivity contribution < 1.29 is 35.1 Å². The maximum absolute atomic E-state index is 12.4. The van der Waals surface area contributed by atoms with Crippen LogP contribution < -0.4 is 0 Å². The van der Waals surface area contributed by atoms with Crippen LogP contribution in [0.5, 0.6) is 0 Å². The zero-order chi connectivity index (χ0) is 15.8. The lowest BCUT2D eigenvalue weighted by Gasteiger charge is -2.37. The van der Waals surface area contributed by atoms with Gasteiger partial charge in [-0.2, -0.15) is 26.3 Å². The first kappa shape index (κ1) is 16.1. The van der Waals surface area contributed by atoms with Crippen LogP contribution in [0.4, 0.5) is 22.0 Å². The van der Waals surface area contributed by atoms with E-state index in [1.807, 2.05) is 0 Å². The first-order valence-corrected chi connectivity index (χ1v) is 7.16. The van der Waals surface area contributed by atoms with Gasteiger partial charge in [0.05, 0.1) is 16.6 Å². The molecule has 0 saturated carbocycles. The summed E-state index contributed by atoms with van der Waals surface area (Å²) < 4.78 is 90.0. The molecule has 1 aliphatic heterocycles. The Morgan fingerprint density at radius 2 is 1.67 bits per heavy atom. The second kappa shape index (κ2) is 5.50. The number of ether oxygens (including phenoxy) is 1. The van der Waals surface area contributed by atoms with Crippen molar-refractivity contribution in [2.75, 3.05) is 13.1 Å². The molecule has 0 atom stereocenters. The third kappa shape index (κ3) is 3.50. The van der Waals surface area contributed by atoms with Crippen LogP contribution >= 0.6 is 0 Å². The van der Waals surface area contributed by atoms with Crippen LogP contribution in [0, 0.1) is 0 Å². The summed E-state index contributed by atoms with van der Waals surface area (Å²) in [6.07, 6.45) is -5.47. The molecule has 118 valence electrons. The zero-order valence-electron chi connectivity index (χ0n) is 10.3. The Kier molecular flexibility index (Phi) is 4.22. The Balaban J connectivity index is 2.08. The highest BCUT2D eigenvalue weighted by Crippen LogP contribution is 2.31. The number of nitrogens with zero attached hydrogens (tertiary/aromatic N) is 1. The molecule has 0 spiro atoms. The number of sulfonamides is 1. The second-order valence-corrected chi connectivity index (χ2v) is 6.30. The number of alkyl halides is 5. The van der Waals surface area contributed by atoms with Crippen molar-refractivity contribution in [2.45, 2.75) is 23.8 Å². The molecular weight excluding hydrogens is 321 g/mol. The van der Waals surface area contributed by atoms with Gasteiger partial charge in [-0.1, -0.05) is 0 Å². The fraction of sp³-hybridized carbons (Fsp3) is 0.455. The van der Waals surface area contributed by atoms with Crippen LogP contribution in [0.15, 0.2) is 29.2 Å². The molecule has 1 aromatic rings. The highest BCUT2D eigenvalue weighted by molar-refractivity contribution is 7.89. The highest BCUT2D eigenvalue weighted by atomic mass is 32.2. The van der Waals surface area contributed by atoms with E-state index < -0.39 is 34.5 Å². The summed E-state index contributed by atoms with van der Waals surface area (Å²) >= 11 is 0. The van der Waals surface area contributed by atoms with Gasteiger partial charge in [0.1, 0.15) is 0 Å². The number of benzene rings is 1. The molecule has 1 saturated heterocycles. The van der Waals surface area contributed by atoms with Gasteiger partial charge in [0.15, 0.2) is 0 Å². The molecule has 2 rings (SSSR count). The predicted molar refractivity (Wildman–Crippen MR) is 61.1 cm³/mol. The molecule has 0 bridgehead atoms. The smallest absolute Gasteiger partial charge is 0.317 e. The summed E-state index contributed by atoms with van der Waals surface area (Å²) in [5.41, 5.74) is -0.969. The quantitative estimate of drug-likeness (QED) is 0.796. The maximum atomic E-state index is 12.4. The Bertz CT molecular complexity index is 593. The minimum atomic E-state index is -4.56. The van der Waals surface area contributed by atoms with Gasteiger partial charge in [-0.05, 0) is 24.3 Å². The van der Waals surface area contributed by atoms with E-state index in [9.17, 15) is 30.4 Å². The van der Waals surface area contributed by atoms with E-state index in [2.05, 4.69) is 4.74 Å². The monoisotopic (exact) mass is 331 g/mol. The third-order valence-corrected chi connectivity index (χ3v) is 4.78. The van der Waals surface area contributed by atoms with Crippen molar-refractivity contribution >= 4 is 10.0 Å². The van der Waals surface area contributed by atoms with Crippen LogP contribution in [-0.4, -0.2) is 38.5 Å². The van der Waals surface area contributed by atoms with Crippen LogP contribution in [0.3, 0.4) is 0 Å². The van der Waals surface area contributed by atoms with Crippen LogP contribution in [0.25, 0.3) is 0 Å². The average molecular weight is 331 g/mol. The van der Waals surface area contributed by atoms with E-state index in [0.29, 0.717) is 12.1 Å². The highest BCUT2D eigenvalue weighted by Gasteiger charge is 2.39. The molecule has 1 aliphatic rings. The lowest BCUT2D eigenvalue weighted by molar-refractivity contribution is -0.185. The molecule has 1 fully saturated rings. The normalized spacial score (nSPS) is 18.0. The van der Waals surface area contributed by atoms with Crippen molar-refractivity contribution in [2.24, 2.45) is 0 Å². The van der Waals surface area contributed by atoms with Crippen LogP contribution in [-0.2, 0) is 20.9 Å². The van der Waals surface area contributed by atoms with E-state index >= 15 is 0 Å². The molecular formula is C11H10F5NO3S. The molecule has 21 heavy (non-hydrogen) atoms. The van der Waals surface area contributed by atoms with Gasteiger partial charge in [-0.15, -0.1) is 0 Å². The molecule has 0 aromatic heterocycles. The Morgan fingerprint density at radius 3 is 2.10 bits per heavy atom. The van der Waals surface area contributed by atoms with Gasteiger partial charge in [0.25, 0.3) is 0 Å². The Hall–Kier alpha value is -1.26. The Labute approximate surface area is 117 Å². The van der Waals surface area contributed by atoms with Gasteiger partial charge in [0.2, 0.25) is 10.0 Å². The summed E-state index contributed by atoms with van der Waals surface area (Å²) in [6.45, 7) is -3.51. The van der Waals surface area contributed by atoms with E-state index in [-0.39, 0.29) is 18.0 Å². The average Bonchev–Trinajstić information content (AvgIpc) is 2.32. The van der Waals surface area contributed by atoms with E-state index in [0.717, 1.165) is 16.4 Å². The molecule has 0 unspecified atom stereocenters. The first-order valence-electron chi connectivity index (χ1n) is 5.72. The maximum Gasteiger partial charge on any atom is 0.416 e. The van der Waals surface area contributed by atoms with E-state index in [1.54, 1.807) is 0 Å². The fourth-order valence-corrected chi connectivity index (χ4v) is 3.30. The molecule has 0 radical (unpaired) electrons. The largest absolute Gasteiger partial charge is 0.416 e. The minimum Gasteiger partial charge on any atom is -0.317 e. The molecule has 10 heteroatoms. The third-order valence-electron chi connectivity index (χ3n) is 2.93. The minimum absolute atomic E-state index is 0.256. The van der Waals surface area contributed by atoms with Gasteiger partial charge in [-0.3, -0.25) is 0 Å². The standard InChI is InChI=1S/C11H10F5NO3S/c12-10(13)20-8-5-17(6-8)21(18,19)9-3-1-7(2-4-9)11(14,15)16/h1-4,8,10H,5-6H2. The molecule has 0 aliphatic carbocycles. The summed E-state index contributed by atoms with van der Waals surface area (Å²) in [7, 11) is -3.99. The van der Waals surface area contributed by atoms with Gasteiger partial charge in [0, 0.05) is 13.1 Å². The van der Waals surface area contributed by atoms with Gasteiger partial charge >= 0.3 is 12.8 Å². The number of hydrogen-bond acceptors (Lipinski definition) is 3. The van der Waals surface area contributed by atoms with Crippen LogP contribution in [0.2, 0.25) is 0 Å². The topological polar surface area (TPSA) is 46.6 Å². The van der Waals surface area contributed by atoms with Crippen molar-refractivity contribution in [3.63, 3.8) is 0 Å². The number of hydrogen-bond donors (Lipinski definition) is 0. The SMILES string of the molecule is O=S(=O)(c1ccc(C(F)(F)F)cc1)N1CC(OC(F)F)C1. The first-order chi connectivity index (χ1) is 9.60. The molecule has 1 aromatic carbocycles. The van der Waals surface area contributed by atoms with Gasteiger partial charge in [-0.25, -0.2) is 8.42 Å². The van der Waals surface area contributed by atoms with Crippen molar-refractivity contribution in [1.29, 1.82) is 0 Å². The summed E-state index contributed by atoms with van der Waals surface area (Å²) in [6, 6.07) is 2.97. The second-order valence-electron chi connectivity index (χ2n) is 4.36. The predicted octanol–water partition coefficient (Wildman–Crippen LogP) is 2.32. The van der Waals surface area contributed by atoms with Crippen molar-refractivity contribution in [3.8, 4) is 0 Å². The molecule has 0 N–H and O–H groups in total. The van der Waals surface area contributed by atoms with E-state index in [4.69, 9.17) is 0 Å². The fourth-order valence-electron chi connectivity index (χ4n) is 1.79. The number of halogens is 5. The Morgan fingerprint density at radius 1 is 1.14 bits per heavy atom. The lowest BCUT2D eigenvalue weighted by Crippen LogP contribution is -2.55. The molecule has 1 heterocycles. The van der Waals surface area contributed by atoms with Gasteiger partial charge < -0.3 is 4.74 Å². The van der Waals surface area contributed by atoms with Crippen molar-refractivity contribution in [3.05, 3.63) is 29.8 Å². The lowest BCUT2D eigenvalue weighted by atomic mass is 10.2. The summed E-state index contributed by atoms with van der Waals surface area (Å²) in [5.74, 6) is 0.